The van der Waals surface area contributed by atoms with Crippen LogP contribution in [0.1, 0.15) is 57.2 Å². The highest BCUT2D eigenvalue weighted by Crippen LogP contribution is 2.36. The van der Waals surface area contributed by atoms with Crippen LogP contribution in [0.5, 0.6) is 0 Å². The van der Waals surface area contributed by atoms with E-state index in [0.29, 0.717) is 18.4 Å². The Bertz CT molecular complexity index is 660. The molecule has 0 radical (unpaired) electrons. The quantitative estimate of drug-likeness (QED) is 0.873. The minimum atomic E-state index is -4.43. The number of carbonyl (C=O) groups is 2. The zero-order chi connectivity index (χ0) is 19.5. The molecule has 1 saturated heterocycles. The highest BCUT2D eigenvalue weighted by atomic mass is 19.4. The summed E-state index contributed by atoms with van der Waals surface area (Å²) in [7, 11) is 0. The van der Waals surface area contributed by atoms with Crippen molar-refractivity contribution in [3.63, 3.8) is 0 Å². The van der Waals surface area contributed by atoms with Gasteiger partial charge in [-0.05, 0) is 43.9 Å². The molecule has 1 N–H and O–H groups in total. The topological polar surface area (TPSA) is 49.4 Å². The molecule has 0 bridgehead atoms. The summed E-state index contributed by atoms with van der Waals surface area (Å²) in [6.07, 6.45) is -2.63. The molecule has 0 spiro atoms. The minimum Gasteiger partial charge on any atom is -0.353 e. The molecule has 0 saturated carbocycles. The third-order valence-corrected chi connectivity index (χ3v) is 4.96. The lowest BCUT2D eigenvalue weighted by Gasteiger charge is -2.39. The van der Waals surface area contributed by atoms with Crippen molar-refractivity contribution in [1.29, 1.82) is 0 Å². The summed E-state index contributed by atoms with van der Waals surface area (Å²) < 4.78 is 38.9. The van der Waals surface area contributed by atoms with Crippen molar-refractivity contribution >= 4 is 11.8 Å². The number of carbonyl (C=O) groups excluding carboxylic acids is 2. The van der Waals surface area contributed by atoms with Crippen molar-refractivity contribution in [2.75, 3.05) is 6.54 Å². The lowest BCUT2D eigenvalue weighted by molar-refractivity contribution is -0.137. The zero-order valence-electron chi connectivity index (χ0n) is 15.3. The smallest absolute Gasteiger partial charge is 0.353 e. The number of rotatable bonds is 4. The Labute approximate surface area is 151 Å². The first-order chi connectivity index (χ1) is 12.1. The maximum absolute atomic E-state index is 13.0. The normalized spacial score (nSPS) is 22.0. The van der Waals surface area contributed by atoms with E-state index in [0.717, 1.165) is 18.6 Å². The third-order valence-electron chi connectivity index (χ3n) is 4.96. The van der Waals surface area contributed by atoms with Gasteiger partial charge in [-0.3, -0.25) is 9.59 Å². The molecule has 1 aliphatic heterocycles. The van der Waals surface area contributed by atoms with Crippen LogP contribution < -0.4 is 5.32 Å². The van der Waals surface area contributed by atoms with Gasteiger partial charge in [0.25, 0.3) is 0 Å². The number of piperidine rings is 1. The van der Waals surface area contributed by atoms with Crippen LogP contribution in [-0.2, 0) is 15.8 Å². The van der Waals surface area contributed by atoms with Gasteiger partial charge in [0, 0.05) is 19.5 Å². The number of hydrogen-bond donors (Lipinski definition) is 1. The monoisotopic (exact) mass is 370 g/mol. The number of nitrogens with zero attached hydrogens (tertiary/aromatic N) is 1. The van der Waals surface area contributed by atoms with Gasteiger partial charge in [0.15, 0.2) is 0 Å². The van der Waals surface area contributed by atoms with Crippen LogP contribution in [-0.4, -0.2) is 29.3 Å². The van der Waals surface area contributed by atoms with Crippen molar-refractivity contribution in [2.24, 2.45) is 5.92 Å². The molecule has 1 aromatic rings. The van der Waals surface area contributed by atoms with Crippen LogP contribution in [0.3, 0.4) is 0 Å². The van der Waals surface area contributed by atoms with Crippen molar-refractivity contribution in [2.45, 2.75) is 58.3 Å². The zero-order valence-corrected chi connectivity index (χ0v) is 15.3. The molecule has 1 aliphatic rings. The first kappa shape index (κ1) is 20.3. The second-order valence-electron chi connectivity index (χ2n) is 6.90. The lowest BCUT2D eigenvalue weighted by atomic mass is 9.87. The van der Waals surface area contributed by atoms with E-state index in [2.05, 4.69) is 5.32 Å². The maximum Gasteiger partial charge on any atom is 0.416 e. The fourth-order valence-corrected chi connectivity index (χ4v) is 3.26. The van der Waals surface area contributed by atoms with E-state index in [4.69, 9.17) is 0 Å². The Morgan fingerprint density at radius 3 is 2.58 bits per heavy atom. The SMILES string of the molecule is CC[C@H](C)NC(=O)[C@H]1CC[C@@H](c2cccc(C(F)(F)F)c2)N(C(C)=O)C1. The van der Waals surface area contributed by atoms with E-state index in [1.54, 1.807) is 6.07 Å². The van der Waals surface area contributed by atoms with E-state index in [1.807, 2.05) is 13.8 Å². The second kappa shape index (κ2) is 8.10. The molecule has 7 heteroatoms. The van der Waals surface area contributed by atoms with Gasteiger partial charge in [-0.2, -0.15) is 13.2 Å². The Hall–Kier alpha value is -2.05. The maximum atomic E-state index is 13.0. The molecule has 144 valence electrons. The second-order valence-corrected chi connectivity index (χ2v) is 6.90. The Kier molecular flexibility index (Phi) is 6.31. The van der Waals surface area contributed by atoms with Gasteiger partial charge in [0.2, 0.25) is 11.8 Å². The van der Waals surface area contributed by atoms with Gasteiger partial charge in [-0.1, -0.05) is 19.1 Å². The largest absolute Gasteiger partial charge is 0.416 e. The van der Waals surface area contributed by atoms with Crippen LogP contribution in [0.25, 0.3) is 0 Å². The molecule has 0 aliphatic carbocycles. The van der Waals surface area contributed by atoms with Gasteiger partial charge in [-0.25, -0.2) is 0 Å². The molecular weight excluding hydrogens is 345 g/mol. The van der Waals surface area contributed by atoms with Crippen molar-refractivity contribution in [3.8, 4) is 0 Å². The summed E-state index contributed by atoms with van der Waals surface area (Å²) in [5, 5.41) is 2.92. The predicted octanol–water partition coefficient (Wildman–Crippen LogP) is 3.92. The summed E-state index contributed by atoms with van der Waals surface area (Å²) in [6, 6.07) is 4.69. The van der Waals surface area contributed by atoms with Crippen molar-refractivity contribution in [3.05, 3.63) is 35.4 Å². The van der Waals surface area contributed by atoms with Gasteiger partial charge < -0.3 is 10.2 Å². The van der Waals surface area contributed by atoms with Crippen LogP contribution in [0.15, 0.2) is 24.3 Å². The van der Waals surface area contributed by atoms with Gasteiger partial charge in [0.1, 0.15) is 0 Å². The number of hydrogen-bond acceptors (Lipinski definition) is 2. The third kappa shape index (κ3) is 4.77. The molecule has 1 fully saturated rings. The molecule has 0 aromatic heterocycles. The van der Waals surface area contributed by atoms with Crippen molar-refractivity contribution < 1.29 is 22.8 Å². The Balaban J connectivity index is 2.19. The lowest BCUT2D eigenvalue weighted by Crippen LogP contribution is -2.47. The first-order valence-corrected chi connectivity index (χ1v) is 8.88. The molecule has 4 nitrogen and oxygen atoms in total. The van der Waals surface area contributed by atoms with E-state index < -0.39 is 17.8 Å². The Morgan fingerprint density at radius 1 is 1.31 bits per heavy atom. The van der Waals surface area contributed by atoms with E-state index >= 15 is 0 Å². The predicted molar refractivity (Wildman–Crippen MR) is 92.2 cm³/mol. The van der Waals surface area contributed by atoms with Crippen molar-refractivity contribution in [1.82, 2.24) is 10.2 Å². The average molecular weight is 370 g/mol. The molecule has 1 aromatic carbocycles. The summed E-state index contributed by atoms with van der Waals surface area (Å²) in [4.78, 5) is 26.0. The number of amides is 2. The van der Waals surface area contributed by atoms with E-state index in [9.17, 15) is 22.8 Å². The summed E-state index contributed by atoms with van der Waals surface area (Å²) >= 11 is 0. The molecule has 1 heterocycles. The molecule has 2 rings (SSSR count). The van der Waals surface area contributed by atoms with Crippen LogP contribution in [0.2, 0.25) is 0 Å². The van der Waals surface area contributed by atoms with Gasteiger partial charge >= 0.3 is 6.18 Å². The molecule has 0 unspecified atom stereocenters. The van der Waals surface area contributed by atoms with Gasteiger partial charge in [-0.15, -0.1) is 0 Å². The standard InChI is InChI=1S/C19H25F3N2O2/c1-4-12(2)23-18(26)15-8-9-17(24(11-15)13(3)25)14-6-5-7-16(10-14)19(20,21)22/h5-7,10,12,15,17H,4,8-9,11H2,1-3H3,(H,23,26)/t12-,15-,17-/m0/s1. The van der Waals surface area contributed by atoms with E-state index in [-0.39, 0.29) is 30.3 Å². The highest BCUT2D eigenvalue weighted by Gasteiger charge is 2.36. The molecule has 3 atom stereocenters. The molecule has 26 heavy (non-hydrogen) atoms. The molecular formula is C19H25F3N2O2. The summed E-state index contributed by atoms with van der Waals surface area (Å²) in [5.41, 5.74) is -0.272. The molecule has 2 amide bonds. The first-order valence-electron chi connectivity index (χ1n) is 8.88. The van der Waals surface area contributed by atoms with Gasteiger partial charge in [0.05, 0.1) is 17.5 Å². The fraction of sp³-hybridized carbons (Fsp3) is 0.579. The fourth-order valence-electron chi connectivity index (χ4n) is 3.26. The number of benzene rings is 1. The minimum absolute atomic E-state index is 0.0504. The summed E-state index contributed by atoms with van der Waals surface area (Å²) in [5.74, 6) is -0.684. The average Bonchev–Trinajstić information content (AvgIpc) is 2.60. The van der Waals surface area contributed by atoms with Crippen LogP contribution >= 0.6 is 0 Å². The number of halogens is 3. The number of alkyl halides is 3. The number of nitrogens with one attached hydrogen (secondary N) is 1. The van der Waals surface area contributed by atoms with Crippen LogP contribution in [0.4, 0.5) is 13.2 Å². The number of likely N-dealkylation sites (tertiary alicyclic amines) is 1. The highest BCUT2D eigenvalue weighted by molar-refractivity contribution is 5.81. The van der Waals surface area contributed by atoms with Crippen LogP contribution in [0, 0.1) is 5.92 Å². The summed E-state index contributed by atoms with van der Waals surface area (Å²) in [6.45, 7) is 5.49. The van der Waals surface area contributed by atoms with E-state index in [1.165, 1.54) is 17.9 Å². The Morgan fingerprint density at radius 2 is 2.00 bits per heavy atom.